The number of rotatable bonds is 5. The quantitative estimate of drug-likeness (QED) is 0.465. The van der Waals surface area contributed by atoms with Crippen LogP contribution in [0.3, 0.4) is 0 Å². The lowest BCUT2D eigenvalue weighted by Crippen LogP contribution is -2.36. The third-order valence-electron chi connectivity index (χ3n) is 4.99. The Bertz CT molecular complexity index is 1150. The number of ether oxygens (including phenoxy) is 2. The molecule has 5 rings (SSSR count). The van der Waals surface area contributed by atoms with Gasteiger partial charge in [0.15, 0.2) is 15.8 Å². The molecule has 0 unspecified atom stereocenters. The lowest BCUT2D eigenvalue weighted by molar-refractivity contribution is -0.116. The summed E-state index contributed by atoms with van der Waals surface area (Å²) in [6, 6.07) is 13.0. The van der Waals surface area contributed by atoms with Crippen molar-refractivity contribution in [2.75, 3.05) is 29.3 Å². The van der Waals surface area contributed by atoms with Gasteiger partial charge in [-0.25, -0.2) is 0 Å². The van der Waals surface area contributed by atoms with Crippen molar-refractivity contribution < 1.29 is 19.1 Å². The molecule has 0 atom stereocenters. The van der Waals surface area contributed by atoms with Crippen molar-refractivity contribution in [3.05, 3.63) is 53.6 Å². The van der Waals surface area contributed by atoms with E-state index in [2.05, 4.69) is 21.6 Å². The maximum atomic E-state index is 12.8. The second-order valence-electron chi connectivity index (χ2n) is 6.96. The van der Waals surface area contributed by atoms with E-state index in [1.807, 2.05) is 23.1 Å². The first-order valence-corrected chi connectivity index (χ1v) is 11.5. The molecule has 0 fully saturated rings. The van der Waals surface area contributed by atoms with Crippen LogP contribution in [0.5, 0.6) is 11.5 Å². The van der Waals surface area contributed by atoms with E-state index in [9.17, 15) is 9.59 Å². The number of anilines is 2. The molecule has 2 aliphatic rings. The number of carbonyl (C=O) groups excluding carboxylic acids is 2. The zero-order valence-electron chi connectivity index (χ0n) is 16.4. The summed E-state index contributed by atoms with van der Waals surface area (Å²) in [6.07, 6.45) is 1.96. The number of thioether (sulfide) groups is 1. The van der Waals surface area contributed by atoms with E-state index < -0.39 is 0 Å². The average Bonchev–Trinajstić information content (AvgIpc) is 3.45. The van der Waals surface area contributed by atoms with Crippen LogP contribution in [0.15, 0.2) is 46.8 Å². The fourth-order valence-corrected chi connectivity index (χ4v) is 5.14. The molecule has 0 radical (unpaired) electrons. The fraction of sp³-hybridized carbons (Fsp3) is 0.238. The second kappa shape index (κ2) is 8.56. The Morgan fingerprint density at radius 2 is 2.00 bits per heavy atom. The molecule has 0 aliphatic carbocycles. The van der Waals surface area contributed by atoms with Gasteiger partial charge < -0.3 is 14.4 Å². The molecule has 3 aromatic rings. The van der Waals surface area contributed by atoms with Gasteiger partial charge in [0.25, 0.3) is 5.91 Å². The predicted octanol–water partition coefficient (Wildman–Crippen LogP) is 3.59. The zero-order valence-corrected chi connectivity index (χ0v) is 18.0. The average molecular weight is 455 g/mol. The fourth-order valence-electron chi connectivity index (χ4n) is 3.52. The molecule has 8 nitrogen and oxygen atoms in total. The number of para-hydroxylation sites is 1. The van der Waals surface area contributed by atoms with Gasteiger partial charge in [-0.05, 0) is 42.7 Å². The molecule has 158 valence electrons. The highest BCUT2D eigenvalue weighted by molar-refractivity contribution is 8.01. The highest BCUT2D eigenvalue weighted by Crippen LogP contribution is 2.33. The maximum Gasteiger partial charge on any atom is 0.257 e. The number of aryl methyl sites for hydroxylation is 1. The Hall–Kier alpha value is -3.11. The number of hydrogen-bond acceptors (Lipinski definition) is 8. The van der Waals surface area contributed by atoms with Crippen molar-refractivity contribution in [2.24, 2.45) is 0 Å². The molecule has 2 aliphatic heterocycles. The van der Waals surface area contributed by atoms with Crippen molar-refractivity contribution >= 4 is 45.7 Å². The van der Waals surface area contributed by atoms with Gasteiger partial charge in [-0.1, -0.05) is 41.3 Å². The first-order valence-electron chi connectivity index (χ1n) is 9.73. The monoisotopic (exact) mass is 454 g/mol. The van der Waals surface area contributed by atoms with Crippen LogP contribution in [-0.4, -0.2) is 41.1 Å². The number of nitrogens with one attached hydrogen (secondary N) is 1. The van der Waals surface area contributed by atoms with E-state index in [0.717, 1.165) is 25.1 Å². The molecule has 3 heterocycles. The molecule has 10 heteroatoms. The minimum Gasteiger partial charge on any atom is -0.454 e. The largest absolute Gasteiger partial charge is 0.454 e. The van der Waals surface area contributed by atoms with Crippen LogP contribution in [0.2, 0.25) is 0 Å². The first-order chi connectivity index (χ1) is 15.2. The van der Waals surface area contributed by atoms with Gasteiger partial charge in [0.1, 0.15) is 0 Å². The maximum absolute atomic E-state index is 12.8. The van der Waals surface area contributed by atoms with E-state index in [4.69, 9.17) is 9.47 Å². The van der Waals surface area contributed by atoms with Crippen molar-refractivity contribution in [1.82, 2.24) is 10.2 Å². The highest BCUT2D eigenvalue weighted by Gasteiger charge is 2.23. The van der Waals surface area contributed by atoms with Crippen molar-refractivity contribution in [3.8, 4) is 11.5 Å². The molecule has 0 saturated carbocycles. The molecule has 2 aromatic carbocycles. The summed E-state index contributed by atoms with van der Waals surface area (Å²) in [6.45, 7) is 0.877. The van der Waals surface area contributed by atoms with Gasteiger partial charge in [0.05, 0.1) is 5.75 Å². The summed E-state index contributed by atoms with van der Waals surface area (Å²) in [5, 5.41) is 11.2. The summed E-state index contributed by atoms with van der Waals surface area (Å²) in [7, 11) is 0. The van der Waals surface area contributed by atoms with Crippen LogP contribution in [0.4, 0.5) is 10.8 Å². The highest BCUT2D eigenvalue weighted by atomic mass is 32.2. The first kappa shape index (κ1) is 19.8. The van der Waals surface area contributed by atoms with Gasteiger partial charge in [-0.2, -0.15) is 0 Å². The summed E-state index contributed by atoms with van der Waals surface area (Å²) >= 11 is 2.56. The van der Waals surface area contributed by atoms with Crippen LogP contribution in [0, 0.1) is 0 Å². The molecule has 1 N–H and O–H groups in total. The molecular weight excluding hydrogens is 436 g/mol. The molecule has 0 bridgehead atoms. The van der Waals surface area contributed by atoms with E-state index in [1.54, 1.807) is 18.2 Å². The van der Waals surface area contributed by atoms with Gasteiger partial charge in [0.2, 0.25) is 17.8 Å². The molecule has 0 spiro atoms. The Balaban J connectivity index is 1.19. The van der Waals surface area contributed by atoms with Crippen LogP contribution in [0.25, 0.3) is 0 Å². The number of fused-ring (bicyclic) bond motifs is 2. The normalized spacial score (nSPS) is 14.3. The number of nitrogens with zero attached hydrogens (tertiary/aromatic N) is 3. The smallest absolute Gasteiger partial charge is 0.257 e. The zero-order chi connectivity index (χ0) is 21.2. The van der Waals surface area contributed by atoms with Crippen LogP contribution >= 0.6 is 23.1 Å². The van der Waals surface area contributed by atoms with E-state index >= 15 is 0 Å². The molecule has 1 aromatic heterocycles. The van der Waals surface area contributed by atoms with E-state index in [1.165, 1.54) is 28.7 Å². The van der Waals surface area contributed by atoms with Crippen LogP contribution in [-0.2, 0) is 11.2 Å². The minimum absolute atomic E-state index is 0.0401. The Morgan fingerprint density at radius 3 is 2.94 bits per heavy atom. The Kier molecular flexibility index (Phi) is 5.47. The van der Waals surface area contributed by atoms with Crippen LogP contribution < -0.4 is 19.7 Å². The molecule has 0 saturated heterocycles. The van der Waals surface area contributed by atoms with Gasteiger partial charge in [-0.3, -0.25) is 14.9 Å². The van der Waals surface area contributed by atoms with Crippen molar-refractivity contribution in [2.45, 2.75) is 17.2 Å². The standard InChI is InChI=1S/C21H18N4O4S2/c26-18(25-9-3-5-13-4-1-2-6-15(13)25)11-30-21-24-23-20(31-21)22-19(27)14-7-8-16-17(10-14)29-12-28-16/h1-2,4,6-8,10H,3,5,9,11-12H2,(H,22,23,27). The Morgan fingerprint density at radius 1 is 1.13 bits per heavy atom. The predicted molar refractivity (Wildman–Crippen MR) is 118 cm³/mol. The number of carbonyl (C=O) groups is 2. The third kappa shape index (κ3) is 4.21. The van der Waals surface area contributed by atoms with Crippen LogP contribution in [0.1, 0.15) is 22.3 Å². The lowest BCUT2D eigenvalue weighted by atomic mass is 10.0. The molecule has 31 heavy (non-hydrogen) atoms. The molecule has 2 amide bonds. The third-order valence-corrected chi connectivity index (χ3v) is 6.95. The van der Waals surface area contributed by atoms with Crippen molar-refractivity contribution in [1.29, 1.82) is 0 Å². The van der Waals surface area contributed by atoms with Gasteiger partial charge >= 0.3 is 0 Å². The number of aromatic nitrogens is 2. The summed E-state index contributed by atoms with van der Waals surface area (Å²) < 4.78 is 11.2. The SMILES string of the molecule is O=C(Nc1nnc(SCC(=O)N2CCCc3ccccc32)s1)c1ccc2c(c1)OCO2. The summed E-state index contributed by atoms with van der Waals surface area (Å²) in [5.41, 5.74) is 2.64. The van der Waals surface area contributed by atoms with Crippen molar-refractivity contribution in [3.63, 3.8) is 0 Å². The second-order valence-corrected chi connectivity index (χ2v) is 9.16. The minimum atomic E-state index is -0.313. The number of hydrogen-bond donors (Lipinski definition) is 1. The summed E-state index contributed by atoms with van der Waals surface area (Å²) in [5.74, 6) is 1.15. The van der Waals surface area contributed by atoms with E-state index in [0.29, 0.717) is 26.5 Å². The number of benzene rings is 2. The number of amides is 2. The lowest BCUT2D eigenvalue weighted by Gasteiger charge is -2.29. The van der Waals surface area contributed by atoms with E-state index in [-0.39, 0.29) is 24.4 Å². The Labute approximate surface area is 186 Å². The topological polar surface area (TPSA) is 93.7 Å². The molecular formula is C21H18N4O4S2. The van der Waals surface area contributed by atoms with Gasteiger partial charge in [-0.15, -0.1) is 10.2 Å². The summed E-state index contributed by atoms with van der Waals surface area (Å²) in [4.78, 5) is 27.1. The van der Waals surface area contributed by atoms with Gasteiger partial charge in [0, 0.05) is 17.8 Å².